The number of nitrogens with one attached hydrogen (secondary N) is 2. The number of fused-ring (bicyclic) bond motifs is 1. The number of urea groups is 1. The molecular weight excluding hydrogens is 300 g/mol. The van der Waals surface area contributed by atoms with Gasteiger partial charge in [-0.2, -0.15) is 0 Å². The van der Waals surface area contributed by atoms with Crippen LogP contribution in [0.15, 0.2) is 48.8 Å². The fourth-order valence-electron chi connectivity index (χ4n) is 2.10. The number of imidazole rings is 1. The van der Waals surface area contributed by atoms with Gasteiger partial charge in [0.25, 0.3) is 0 Å². The average molecular weight is 315 g/mol. The minimum absolute atomic E-state index is 0.282. The van der Waals surface area contributed by atoms with Crippen molar-refractivity contribution in [1.82, 2.24) is 14.7 Å². The highest BCUT2D eigenvalue weighted by atomic mass is 35.5. The molecule has 5 nitrogen and oxygen atoms in total. The maximum Gasteiger partial charge on any atom is 0.319 e. The molecular formula is C16H15ClN4O. The summed E-state index contributed by atoms with van der Waals surface area (Å²) in [6, 6.07) is 10.7. The average Bonchev–Trinajstić information content (AvgIpc) is 2.89. The van der Waals surface area contributed by atoms with Gasteiger partial charge in [-0.05, 0) is 48.9 Å². The van der Waals surface area contributed by atoms with Crippen molar-refractivity contribution in [2.24, 2.45) is 0 Å². The standard InChI is InChI=1S/C16H15ClN4O/c1-11-6-7-21-10-14(19-15(21)8-11)9-18-16(22)20-13-4-2-12(17)3-5-13/h2-8,10H,9H2,1H3,(H2,18,20,22). The third kappa shape index (κ3) is 3.38. The van der Waals surface area contributed by atoms with E-state index in [1.165, 1.54) is 0 Å². The molecule has 0 spiro atoms. The van der Waals surface area contributed by atoms with Crippen molar-refractivity contribution in [1.29, 1.82) is 0 Å². The SMILES string of the molecule is Cc1ccn2cc(CNC(=O)Nc3ccc(Cl)cc3)nc2c1. The van der Waals surface area contributed by atoms with E-state index >= 15 is 0 Å². The number of pyridine rings is 1. The lowest BCUT2D eigenvalue weighted by Crippen LogP contribution is -2.28. The van der Waals surface area contributed by atoms with Gasteiger partial charge in [0.05, 0.1) is 12.2 Å². The number of hydrogen-bond donors (Lipinski definition) is 2. The van der Waals surface area contributed by atoms with E-state index in [1.54, 1.807) is 24.3 Å². The van der Waals surface area contributed by atoms with E-state index in [0.29, 0.717) is 17.3 Å². The lowest BCUT2D eigenvalue weighted by Gasteiger charge is -2.06. The normalized spacial score (nSPS) is 10.6. The van der Waals surface area contributed by atoms with Gasteiger partial charge in [0.15, 0.2) is 0 Å². The lowest BCUT2D eigenvalue weighted by molar-refractivity contribution is 0.251. The number of carbonyl (C=O) groups is 1. The molecule has 0 aliphatic carbocycles. The van der Waals surface area contributed by atoms with E-state index in [1.807, 2.05) is 35.9 Å². The summed E-state index contributed by atoms with van der Waals surface area (Å²) < 4.78 is 1.93. The number of hydrogen-bond acceptors (Lipinski definition) is 2. The molecule has 0 bridgehead atoms. The second kappa shape index (κ2) is 6.07. The smallest absolute Gasteiger partial charge is 0.319 e. The van der Waals surface area contributed by atoms with Gasteiger partial charge in [-0.3, -0.25) is 0 Å². The van der Waals surface area contributed by atoms with Crippen LogP contribution < -0.4 is 10.6 Å². The van der Waals surface area contributed by atoms with Crippen molar-refractivity contribution >= 4 is 29.0 Å². The second-order valence-corrected chi connectivity index (χ2v) is 5.45. The molecule has 0 saturated heterocycles. The Balaban J connectivity index is 1.61. The summed E-state index contributed by atoms with van der Waals surface area (Å²) in [5, 5.41) is 6.15. The Morgan fingerprint density at radius 3 is 2.82 bits per heavy atom. The van der Waals surface area contributed by atoms with Crippen LogP contribution >= 0.6 is 11.6 Å². The van der Waals surface area contributed by atoms with Crippen LogP contribution in [0, 0.1) is 6.92 Å². The van der Waals surface area contributed by atoms with Crippen LogP contribution in [0.3, 0.4) is 0 Å². The number of anilines is 1. The predicted molar refractivity (Wildman–Crippen MR) is 87.2 cm³/mol. The third-order valence-electron chi connectivity index (χ3n) is 3.20. The van der Waals surface area contributed by atoms with Gasteiger partial charge in [0, 0.05) is 23.1 Å². The highest BCUT2D eigenvalue weighted by Gasteiger charge is 2.05. The van der Waals surface area contributed by atoms with Crippen LogP contribution in [0.25, 0.3) is 5.65 Å². The molecule has 0 aliphatic heterocycles. The molecule has 0 saturated carbocycles. The van der Waals surface area contributed by atoms with E-state index in [9.17, 15) is 4.79 Å². The Kier molecular flexibility index (Phi) is 3.98. The minimum Gasteiger partial charge on any atom is -0.332 e. The summed E-state index contributed by atoms with van der Waals surface area (Å²) in [5.74, 6) is 0. The molecule has 0 fully saturated rings. The first-order valence-corrected chi connectivity index (χ1v) is 7.22. The highest BCUT2D eigenvalue weighted by molar-refractivity contribution is 6.30. The molecule has 0 aliphatic rings. The number of nitrogens with zero attached hydrogens (tertiary/aromatic N) is 2. The lowest BCUT2D eigenvalue weighted by atomic mass is 10.3. The van der Waals surface area contributed by atoms with Gasteiger partial charge in [0.1, 0.15) is 5.65 Å². The molecule has 6 heteroatoms. The predicted octanol–water partition coefficient (Wildman–Crippen LogP) is 3.62. The molecule has 2 aromatic heterocycles. The number of amides is 2. The summed E-state index contributed by atoms with van der Waals surface area (Å²) in [7, 11) is 0. The monoisotopic (exact) mass is 314 g/mol. The first-order chi connectivity index (χ1) is 10.6. The number of benzene rings is 1. The van der Waals surface area contributed by atoms with E-state index < -0.39 is 0 Å². The van der Waals surface area contributed by atoms with Gasteiger partial charge in [0.2, 0.25) is 0 Å². The van der Waals surface area contributed by atoms with E-state index in [0.717, 1.165) is 16.9 Å². The number of aryl methyl sites for hydroxylation is 1. The number of carbonyl (C=O) groups excluding carboxylic acids is 1. The van der Waals surface area contributed by atoms with Crippen molar-refractivity contribution in [3.05, 3.63) is 65.1 Å². The Hall–Kier alpha value is -2.53. The third-order valence-corrected chi connectivity index (χ3v) is 3.45. The van der Waals surface area contributed by atoms with Gasteiger partial charge < -0.3 is 15.0 Å². The molecule has 0 unspecified atom stereocenters. The maximum atomic E-state index is 11.9. The number of halogens is 1. The summed E-state index contributed by atoms with van der Waals surface area (Å²) >= 11 is 5.80. The highest BCUT2D eigenvalue weighted by Crippen LogP contribution is 2.13. The van der Waals surface area contributed by atoms with Crippen LogP contribution in [0.4, 0.5) is 10.5 Å². The van der Waals surface area contributed by atoms with E-state index in [4.69, 9.17) is 11.6 Å². The topological polar surface area (TPSA) is 58.4 Å². The van der Waals surface area contributed by atoms with Crippen LogP contribution in [-0.4, -0.2) is 15.4 Å². The van der Waals surface area contributed by atoms with Gasteiger partial charge >= 0.3 is 6.03 Å². The molecule has 112 valence electrons. The first-order valence-electron chi connectivity index (χ1n) is 6.85. The summed E-state index contributed by atoms with van der Waals surface area (Å²) in [5.41, 5.74) is 3.51. The van der Waals surface area contributed by atoms with Crippen LogP contribution in [0.5, 0.6) is 0 Å². The Morgan fingerprint density at radius 2 is 2.05 bits per heavy atom. The van der Waals surface area contributed by atoms with Crippen molar-refractivity contribution in [3.8, 4) is 0 Å². The molecule has 0 atom stereocenters. The minimum atomic E-state index is -0.282. The molecule has 2 amide bonds. The van der Waals surface area contributed by atoms with Gasteiger partial charge in [-0.1, -0.05) is 11.6 Å². The quantitative estimate of drug-likeness (QED) is 0.775. The zero-order chi connectivity index (χ0) is 15.5. The zero-order valence-electron chi connectivity index (χ0n) is 12.0. The maximum absolute atomic E-state index is 11.9. The van der Waals surface area contributed by atoms with Crippen molar-refractivity contribution < 1.29 is 4.79 Å². The van der Waals surface area contributed by atoms with Crippen molar-refractivity contribution in [3.63, 3.8) is 0 Å². The molecule has 0 radical (unpaired) electrons. The summed E-state index contributed by atoms with van der Waals surface area (Å²) in [4.78, 5) is 16.3. The van der Waals surface area contributed by atoms with Crippen LogP contribution in [0.1, 0.15) is 11.3 Å². The molecule has 2 heterocycles. The molecule has 1 aromatic carbocycles. The Labute approximate surface area is 132 Å². The number of aromatic nitrogens is 2. The first kappa shape index (κ1) is 14.4. The summed E-state index contributed by atoms with van der Waals surface area (Å²) in [6.07, 6.45) is 3.85. The van der Waals surface area contributed by atoms with Gasteiger partial charge in [-0.15, -0.1) is 0 Å². The molecule has 3 aromatic rings. The Morgan fingerprint density at radius 1 is 1.27 bits per heavy atom. The largest absolute Gasteiger partial charge is 0.332 e. The fourth-order valence-corrected chi connectivity index (χ4v) is 2.23. The molecule has 2 N–H and O–H groups in total. The van der Waals surface area contributed by atoms with Crippen LogP contribution in [-0.2, 0) is 6.54 Å². The number of rotatable bonds is 3. The fraction of sp³-hybridized carbons (Fsp3) is 0.125. The summed E-state index contributed by atoms with van der Waals surface area (Å²) in [6.45, 7) is 2.38. The van der Waals surface area contributed by atoms with Crippen molar-refractivity contribution in [2.45, 2.75) is 13.5 Å². The van der Waals surface area contributed by atoms with Gasteiger partial charge in [-0.25, -0.2) is 9.78 Å². The molecule has 22 heavy (non-hydrogen) atoms. The van der Waals surface area contributed by atoms with E-state index in [2.05, 4.69) is 15.6 Å². The van der Waals surface area contributed by atoms with Crippen LogP contribution in [0.2, 0.25) is 5.02 Å². The zero-order valence-corrected chi connectivity index (χ0v) is 12.8. The second-order valence-electron chi connectivity index (χ2n) is 5.02. The van der Waals surface area contributed by atoms with E-state index in [-0.39, 0.29) is 6.03 Å². The molecule has 3 rings (SSSR count). The van der Waals surface area contributed by atoms with Crippen molar-refractivity contribution in [2.75, 3.05) is 5.32 Å². The Bertz CT molecular complexity index is 811.